The molecule has 0 bridgehead atoms. The maximum atomic E-state index is 13.4. The van der Waals surface area contributed by atoms with Crippen LogP contribution in [-0.2, 0) is 6.54 Å². The number of nitrogens with zero attached hydrogens (tertiary/aromatic N) is 1. The van der Waals surface area contributed by atoms with Gasteiger partial charge in [-0.3, -0.25) is 4.90 Å². The second-order valence-electron chi connectivity index (χ2n) is 5.41. The van der Waals surface area contributed by atoms with Gasteiger partial charge in [-0.2, -0.15) is 0 Å². The number of benzene rings is 2. The fourth-order valence-electron chi connectivity index (χ4n) is 3.03. The van der Waals surface area contributed by atoms with E-state index in [9.17, 15) is 4.39 Å². The Balaban J connectivity index is 1.83. The van der Waals surface area contributed by atoms with Crippen molar-refractivity contribution in [2.45, 2.75) is 25.0 Å². The molecule has 0 amide bonds. The summed E-state index contributed by atoms with van der Waals surface area (Å²) in [5, 5.41) is 0. The summed E-state index contributed by atoms with van der Waals surface area (Å²) in [5.41, 5.74) is 8.49. The Morgan fingerprint density at radius 1 is 1.10 bits per heavy atom. The molecule has 3 rings (SSSR count). The fourth-order valence-corrected chi connectivity index (χ4v) is 3.03. The summed E-state index contributed by atoms with van der Waals surface area (Å²) < 4.78 is 13.4. The topological polar surface area (TPSA) is 29.3 Å². The number of hydrogen-bond acceptors (Lipinski definition) is 2. The van der Waals surface area contributed by atoms with Gasteiger partial charge in [0.2, 0.25) is 0 Å². The minimum absolute atomic E-state index is 0.0699. The molecule has 2 aromatic rings. The fraction of sp³-hybridized carbons (Fsp3) is 0.294. The van der Waals surface area contributed by atoms with Gasteiger partial charge < -0.3 is 5.73 Å². The molecule has 1 heterocycles. The summed E-state index contributed by atoms with van der Waals surface area (Å²) in [7, 11) is 0. The Kier molecular flexibility index (Phi) is 3.81. The van der Waals surface area contributed by atoms with Crippen molar-refractivity contribution in [2.75, 3.05) is 6.54 Å². The largest absolute Gasteiger partial charge is 0.326 e. The molecule has 0 radical (unpaired) electrons. The second kappa shape index (κ2) is 5.73. The lowest BCUT2D eigenvalue weighted by Gasteiger charge is -2.27. The van der Waals surface area contributed by atoms with Gasteiger partial charge in [-0.15, -0.1) is 0 Å². The van der Waals surface area contributed by atoms with Crippen LogP contribution in [0.25, 0.3) is 0 Å². The third kappa shape index (κ3) is 2.74. The van der Waals surface area contributed by atoms with Crippen molar-refractivity contribution in [3.05, 3.63) is 71.5 Å². The van der Waals surface area contributed by atoms with Crippen molar-refractivity contribution >= 4 is 0 Å². The van der Waals surface area contributed by atoms with Crippen molar-refractivity contribution in [2.24, 2.45) is 5.73 Å². The molecule has 0 saturated carbocycles. The first kappa shape index (κ1) is 13.3. The van der Waals surface area contributed by atoms with Crippen molar-refractivity contribution < 1.29 is 4.39 Å². The van der Waals surface area contributed by atoms with E-state index in [2.05, 4.69) is 17.0 Å². The van der Waals surface area contributed by atoms with E-state index in [0.717, 1.165) is 25.1 Å². The van der Waals surface area contributed by atoms with Crippen molar-refractivity contribution in [3.8, 4) is 0 Å². The number of hydrogen-bond donors (Lipinski definition) is 1. The van der Waals surface area contributed by atoms with Crippen LogP contribution in [0.4, 0.5) is 4.39 Å². The number of halogens is 1. The Morgan fingerprint density at radius 2 is 1.90 bits per heavy atom. The predicted octanol–water partition coefficient (Wildman–Crippen LogP) is 3.10. The van der Waals surface area contributed by atoms with Crippen LogP contribution in [0.5, 0.6) is 0 Å². The van der Waals surface area contributed by atoms with E-state index in [0.29, 0.717) is 0 Å². The van der Waals surface area contributed by atoms with Crippen LogP contribution >= 0.6 is 0 Å². The average molecular weight is 270 g/mol. The third-order valence-electron chi connectivity index (χ3n) is 3.97. The molecule has 0 spiro atoms. The van der Waals surface area contributed by atoms with Crippen LogP contribution < -0.4 is 5.73 Å². The minimum Gasteiger partial charge on any atom is -0.326 e. The Bertz CT molecular complexity index is 570. The van der Waals surface area contributed by atoms with Gasteiger partial charge in [0, 0.05) is 19.1 Å². The van der Waals surface area contributed by atoms with Crippen LogP contribution in [0, 0.1) is 5.82 Å². The molecule has 0 aromatic heterocycles. The highest BCUT2D eigenvalue weighted by molar-refractivity contribution is 5.24. The molecule has 3 heteroatoms. The molecule has 2 unspecified atom stereocenters. The maximum absolute atomic E-state index is 13.4. The number of likely N-dealkylation sites (tertiary alicyclic amines) is 1. The molecular weight excluding hydrogens is 251 g/mol. The molecule has 0 aliphatic carbocycles. The van der Waals surface area contributed by atoms with E-state index in [1.807, 2.05) is 24.3 Å². The highest BCUT2D eigenvalue weighted by Gasteiger charge is 2.32. The maximum Gasteiger partial charge on any atom is 0.123 e. The first-order chi connectivity index (χ1) is 9.74. The predicted molar refractivity (Wildman–Crippen MR) is 78.6 cm³/mol. The first-order valence-electron chi connectivity index (χ1n) is 7.03. The molecule has 1 fully saturated rings. The Hall–Kier alpha value is -1.71. The van der Waals surface area contributed by atoms with Gasteiger partial charge in [-0.05, 0) is 29.7 Å². The van der Waals surface area contributed by atoms with Crippen molar-refractivity contribution in [1.29, 1.82) is 0 Å². The van der Waals surface area contributed by atoms with Crippen LogP contribution in [0.1, 0.15) is 23.6 Å². The van der Waals surface area contributed by atoms with E-state index >= 15 is 0 Å². The lowest BCUT2D eigenvalue weighted by Crippen LogP contribution is -2.31. The van der Waals surface area contributed by atoms with Crippen molar-refractivity contribution in [1.82, 2.24) is 4.90 Å². The van der Waals surface area contributed by atoms with E-state index < -0.39 is 0 Å². The average Bonchev–Trinajstić information content (AvgIpc) is 2.81. The van der Waals surface area contributed by atoms with Gasteiger partial charge in [-0.1, -0.05) is 42.5 Å². The highest BCUT2D eigenvalue weighted by atomic mass is 19.1. The zero-order chi connectivity index (χ0) is 13.9. The van der Waals surface area contributed by atoms with E-state index in [4.69, 9.17) is 5.73 Å². The zero-order valence-electron chi connectivity index (χ0n) is 11.4. The van der Waals surface area contributed by atoms with Crippen LogP contribution in [-0.4, -0.2) is 17.5 Å². The minimum atomic E-state index is -0.193. The standard InChI is InChI=1S/C17H19FN2/c18-15-8-4-7-14(11-15)17-16(19)9-10-20(17)12-13-5-2-1-3-6-13/h1-8,11,16-17H,9-10,12,19H2. The Labute approximate surface area is 119 Å². The lowest BCUT2D eigenvalue weighted by atomic mass is 10.0. The van der Waals surface area contributed by atoms with Gasteiger partial charge >= 0.3 is 0 Å². The monoisotopic (exact) mass is 270 g/mol. The van der Waals surface area contributed by atoms with Crippen LogP contribution in [0.15, 0.2) is 54.6 Å². The quantitative estimate of drug-likeness (QED) is 0.928. The lowest BCUT2D eigenvalue weighted by molar-refractivity contribution is 0.239. The zero-order valence-corrected chi connectivity index (χ0v) is 11.4. The molecule has 104 valence electrons. The molecular formula is C17H19FN2. The van der Waals surface area contributed by atoms with E-state index in [-0.39, 0.29) is 17.9 Å². The highest BCUT2D eigenvalue weighted by Crippen LogP contribution is 2.32. The van der Waals surface area contributed by atoms with E-state index in [1.165, 1.54) is 11.6 Å². The SMILES string of the molecule is NC1CCN(Cc2ccccc2)C1c1cccc(F)c1. The van der Waals surface area contributed by atoms with Crippen LogP contribution in [0.2, 0.25) is 0 Å². The normalized spacial score (nSPS) is 23.1. The number of nitrogens with two attached hydrogens (primary N) is 1. The smallest absolute Gasteiger partial charge is 0.123 e. The van der Waals surface area contributed by atoms with Crippen molar-refractivity contribution in [3.63, 3.8) is 0 Å². The summed E-state index contributed by atoms with van der Waals surface area (Å²) >= 11 is 0. The summed E-state index contributed by atoms with van der Waals surface area (Å²) in [4.78, 5) is 2.34. The third-order valence-corrected chi connectivity index (χ3v) is 3.97. The summed E-state index contributed by atoms with van der Waals surface area (Å²) in [6.07, 6.45) is 0.952. The van der Waals surface area contributed by atoms with Gasteiger partial charge in [-0.25, -0.2) is 4.39 Å². The van der Waals surface area contributed by atoms with Gasteiger partial charge in [0.1, 0.15) is 5.82 Å². The molecule has 2 N–H and O–H groups in total. The molecule has 1 aliphatic heterocycles. The van der Waals surface area contributed by atoms with Gasteiger partial charge in [0.25, 0.3) is 0 Å². The molecule has 2 atom stereocenters. The second-order valence-corrected chi connectivity index (χ2v) is 5.41. The molecule has 1 aliphatic rings. The molecule has 2 nitrogen and oxygen atoms in total. The van der Waals surface area contributed by atoms with Gasteiger partial charge in [0.05, 0.1) is 6.04 Å². The molecule has 2 aromatic carbocycles. The van der Waals surface area contributed by atoms with Crippen LogP contribution in [0.3, 0.4) is 0 Å². The first-order valence-corrected chi connectivity index (χ1v) is 7.03. The van der Waals surface area contributed by atoms with E-state index in [1.54, 1.807) is 12.1 Å². The van der Waals surface area contributed by atoms with Gasteiger partial charge in [0.15, 0.2) is 0 Å². The molecule has 20 heavy (non-hydrogen) atoms. The number of rotatable bonds is 3. The summed E-state index contributed by atoms with van der Waals surface area (Å²) in [6.45, 7) is 1.81. The molecule has 1 saturated heterocycles. The summed E-state index contributed by atoms with van der Waals surface area (Å²) in [5.74, 6) is -0.193. The Morgan fingerprint density at radius 3 is 2.65 bits per heavy atom. The summed E-state index contributed by atoms with van der Waals surface area (Å²) in [6, 6.07) is 17.3.